The molecule has 0 atom stereocenters. The molecule has 2 N–H and O–H groups in total. The minimum atomic E-state index is 0.563. The zero-order valence-electron chi connectivity index (χ0n) is 8.52. The molecule has 0 aliphatic heterocycles. The van der Waals surface area contributed by atoms with E-state index in [2.05, 4.69) is 22.0 Å². The largest absolute Gasteiger partial charge is 0.397 e. The number of nitriles is 1. The van der Waals surface area contributed by atoms with E-state index in [1.54, 1.807) is 6.07 Å². The third-order valence-corrected chi connectivity index (χ3v) is 3.24. The van der Waals surface area contributed by atoms with E-state index in [-0.39, 0.29) is 0 Å². The number of anilines is 1. The number of halogens is 1. The highest BCUT2D eigenvalue weighted by Gasteiger charge is 2.10. The van der Waals surface area contributed by atoms with Crippen molar-refractivity contribution in [2.24, 2.45) is 0 Å². The first-order valence-corrected chi connectivity index (χ1v) is 5.60. The molecule has 0 spiro atoms. The Morgan fingerprint density at radius 2 is 2.00 bits per heavy atom. The summed E-state index contributed by atoms with van der Waals surface area (Å²) in [4.78, 5) is 0. The van der Waals surface area contributed by atoms with Gasteiger partial charge in [0.25, 0.3) is 0 Å². The van der Waals surface area contributed by atoms with E-state index in [0.29, 0.717) is 17.9 Å². The van der Waals surface area contributed by atoms with Gasteiger partial charge in [-0.15, -0.1) is 0 Å². The van der Waals surface area contributed by atoms with Crippen molar-refractivity contribution in [3.8, 4) is 6.07 Å². The van der Waals surface area contributed by atoms with Crippen LogP contribution in [0.1, 0.15) is 11.3 Å². The van der Waals surface area contributed by atoms with Gasteiger partial charge in [0.2, 0.25) is 0 Å². The number of hydrogen-bond acceptors (Lipinski definition) is 2. The minimum Gasteiger partial charge on any atom is -0.397 e. The van der Waals surface area contributed by atoms with Gasteiger partial charge in [-0.1, -0.05) is 30.3 Å². The third-order valence-electron chi connectivity index (χ3n) is 2.36. The van der Waals surface area contributed by atoms with Crippen LogP contribution in [0.3, 0.4) is 0 Å². The van der Waals surface area contributed by atoms with Crippen LogP contribution in [0.4, 0.5) is 5.69 Å². The molecule has 0 fully saturated rings. The van der Waals surface area contributed by atoms with Gasteiger partial charge in [-0.25, -0.2) is 0 Å². The van der Waals surface area contributed by atoms with Crippen LogP contribution in [0.2, 0.25) is 0 Å². The van der Waals surface area contributed by atoms with Crippen molar-refractivity contribution in [3.05, 3.63) is 52.3 Å². The molecule has 1 aromatic heterocycles. The van der Waals surface area contributed by atoms with Gasteiger partial charge in [0.15, 0.2) is 0 Å². The summed E-state index contributed by atoms with van der Waals surface area (Å²) in [5.74, 6) is 0. The molecular formula is C12H10BrN3. The number of rotatable bonds is 2. The number of nitrogens with two attached hydrogens (primary N) is 1. The van der Waals surface area contributed by atoms with Gasteiger partial charge in [-0.3, -0.25) is 0 Å². The summed E-state index contributed by atoms with van der Waals surface area (Å²) >= 11 is 3.39. The van der Waals surface area contributed by atoms with Crippen LogP contribution in [-0.2, 0) is 6.54 Å². The highest BCUT2D eigenvalue weighted by atomic mass is 79.9. The molecule has 16 heavy (non-hydrogen) atoms. The lowest BCUT2D eigenvalue weighted by Gasteiger charge is -2.06. The molecule has 2 rings (SSSR count). The molecule has 0 unspecified atom stereocenters. The molecule has 4 heteroatoms. The second-order valence-electron chi connectivity index (χ2n) is 3.46. The average molecular weight is 276 g/mol. The van der Waals surface area contributed by atoms with E-state index in [9.17, 15) is 0 Å². The molecule has 0 aliphatic carbocycles. The van der Waals surface area contributed by atoms with Crippen molar-refractivity contribution in [2.45, 2.75) is 6.54 Å². The molecule has 0 amide bonds. The third kappa shape index (κ3) is 1.95. The smallest absolute Gasteiger partial charge is 0.123 e. The highest BCUT2D eigenvalue weighted by Crippen LogP contribution is 2.25. The standard InChI is InChI=1S/C12H10BrN3/c13-12-11(15)6-10(7-14)16(12)8-9-4-2-1-3-5-9/h1-6H,8,15H2. The first kappa shape index (κ1) is 10.8. The van der Waals surface area contributed by atoms with Gasteiger partial charge in [0.05, 0.1) is 5.69 Å². The fraction of sp³-hybridized carbons (Fsp3) is 0.0833. The van der Waals surface area contributed by atoms with Crippen molar-refractivity contribution in [1.29, 1.82) is 5.26 Å². The zero-order valence-corrected chi connectivity index (χ0v) is 10.1. The summed E-state index contributed by atoms with van der Waals surface area (Å²) in [6.07, 6.45) is 0. The molecule has 2 aromatic rings. The van der Waals surface area contributed by atoms with Gasteiger partial charge in [-0.2, -0.15) is 5.26 Å². The number of benzene rings is 1. The lowest BCUT2D eigenvalue weighted by atomic mass is 10.2. The van der Waals surface area contributed by atoms with Gasteiger partial charge < -0.3 is 10.3 Å². The Morgan fingerprint density at radius 3 is 2.62 bits per heavy atom. The van der Waals surface area contributed by atoms with Crippen LogP contribution >= 0.6 is 15.9 Å². The average Bonchev–Trinajstić information content (AvgIpc) is 2.58. The van der Waals surface area contributed by atoms with E-state index >= 15 is 0 Å². The Balaban J connectivity index is 2.39. The number of nitrogen functional groups attached to an aromatic ring is 1. The molecule has 0 saturated carbocycles. The van der Waals surface area contributed by atoms with Gasteiger partial charge in [0, 0.05) is 6.54 Å². The van der Waals surface area contributed by atoms with Crippen molar-refractivity contribution in [2.75, 3.05) is 5.73 Å². The lowest BCUT2D eigenvalue weighted by molar-refractivity contribution is 0.776. The number of aromatic nitrogens is 1. The lowest BCUT2D eigenvalue weighted by Crippen LogP contribution is -2.02. The Labute approximate surface area is 102 Å². The van der Waals surface area contributed by atoms with Crippen molar-refractivity contribution < 1.29 is 0 Å². The van der Waals surface area contributed by atoms with E-state index in [1.165, 1.54) is 0 Å². The van der Waals surface area contributed by atoms with Gasteiger partial charge >= 0.3 is 0 Å². The summed E-state index contributed by atoms with van der Waals surface area (Å²) in [6, 6.07) is 13.8. The predicted octanol–water partition coefficient (Wildman–Crippen LogP) is 2.75. The second kappa shape index (κ2) is 4.42. The van der Waals surface area contributed by atoms with Crippen molar-refractivity contribution >= 4 is 21.6 Å². The van der Waals surface area contributed by atoms with Crippen molar-refractivity contribution in [1.82, 2.24) is 4.57 Å². The summed E-state index contributed by atoms with van der Waals surface area (Å²) in [5, 5.41) is 8.99. The van der Waals surface area contributed by atoms with Crippen LogP contribution in [0, 0.1) is 11.3 Å². The molecule has 3 nitrogen and oxygen atoms in total. The maximum Gasteiger partial charge on any atom is 0.123 e. The normalized spacial score (nSPS) is 10.0. The zero-order chi connectivity index (χ0) is 11.5. The molecular weight excluding hydrogens is 266 g/mol. The molecule has 0 aliphatic rings. The van der Waals surface area contributed by atoms with E-state index in [1.807, 2.05) is 34.9 Å². The molecule has 1 heterocycles. The molecule has 80 valence electrons. The minimum absolute atomic E-state index is 0.563. The maximum absolute atomic E-state index is 8.99. The Morgan fingerprint density at radius 1 is 1.31 bits per heavy atom. The number of hydrogen-bond donors (Lipinski definition) is 1. The topological polar surface area (TPSA) is 54.7 Å². The second-order valence-corrected chi connectivity index (χ2v) is 4.21. The first-order valence-electron chi connectivity index (χ1n) is 4.81. The van der Waals surface area contributed by atoms with Crippen LogP contribution in [0.15, 0.2) is 41.0 Å². The summed E-state index contributed by atoms with van der Waals surface area (Å²) < 4.78 is 2.61. The van der Waals surface area contributed by atoms with E-state index in [4.69, 9.17) is 11.0 Å². The van der Waals surface area contributed by atoms with Gasteiger partial charge in [-0.05, 0) is 27.6 Å². The monoisotopic (exact) mass is 275 g/mol. The van der Waals surface area contributed by atoms with E-state index < -0.39 is 0 Å². The van der Waals surface area contributed by atoms with Crippen LogP contribution < -0.4 is 5.73 Å². The summed E-state index contributed by atoms with van der Waals surface area (Å²) in [6.45, 7) is 0.640. The van der Waals surface area contributed by atoms with Crippen molar-refractivity contribution in [3.63, 3.8) is 0 Å². The highest BCUT2D eigenvalue weighted by molar-refractivity contribution is 9.10. The van der Waals surface area contributed by atoms with Gasteiger partial charge in [0.1, 0.15) is 16.4 Å². The maximum atomic E-state index is 8.99. The number of nitrogens with zero attached hydrogens (tertiary/aromatic N) is 2. The van der Waals surface area contributed by atoms with Crippen LogP contribution in [0.5, 0.6) is 0 Å². The quantitative estimate of drug-likeness (QED) is 0.916. The fourth-order valence-electron chi connectivity index (χ4n) is 1.56. The molecule has 0 bridgehead atoms. The molecule has 1 aromatic carbocycles. The van der Waals surface area contributed by atoms with Crippen LogP contribution in [0.25, 0.3) is 0 Å². The molecule has 0 saturated heterocycles. The Bertz CT molecular complexity index is 537. The van der Waals surface area contributed by atoms with E-state index in [0.717, 1.165) is 10.2 Å². The SMILES string of the molecule is N#Cc1cc(N)c(Br)n1Cc1ccccc1. The van der Waals surface area contributed by atoms with Crippen LogP contribution in [-0.4, -0.2) is 4.57 Å². The Hall–Kier alpha value is -1.73. The molecule has 0 radical (unpaired) electrons. The Kier molecular flexibility index (Phi) is 2.97. The first-order chi connectivity index (χ1) is 7.72. The summed E-state index contributed by atoms with van der Waals surface area (Å²) in [7, 11) is 0. The fourth-order valence-corrected chi connectivity index (χ4v) is 1.99. The summed E-state index contributed by atoms with van der Waals surface area (Å²) in [5.41, 5.74) is 8.04. The predicted molar refractivity (Wildman–Crippen MR) is 66.8 cm³/mol.